The van der Waals surface area contributed by atoms with Crippen LogP contribution >= 0.6 is 11.3 Å². The van der Waals surface area contributed by atoms with Gasteiger partial charge in [-0.2, -0.15) is 0 Å². The Bertz CT molecular complexity index is 326. The zero-order valence-electron chi connectivity index (χ0n) is 9.42. The monoisotopic (exact) mass is 273 g/mol. The van der Waals surface area contributed by atoms with Gasteiger partial charge >= 0.3 is 58.4 Å². The topological polar surface area (TPSA) is 3.24 Å². The van der Waals surface area contributed by atoms with E-state index in [1.54, 1.807) is 11.9 Å². The van der Waals surface area contributed by atoms with Gasteiger partial charge < -0.3 is 17.8 Å². The molecule has 0 aliphatic heterocycles. The smallest absolute Gasteiger partial charge is 0.445 e. The van der Waals surface area contributed by atoms with Crippen molar-refractivity contribution >= 4 is 18.3 Å². The molecule has 0 atom stereocenters. The van der Waals surface area contributed by atoms with Gasteiger partial charge in [-0.15, -0.1) is 23.4 Å². The predicted octanol–water partition coefficient (Wildman–Crippen LogP) is 0.127. The van der Waals surface area contributed by atoms with Crippen molar-refractivity contribution in [3.63, 3.8) is 0 Å². The maximum Gasteiger partial charge on any atom is 1.00 e. The first-order chi connectivity index (χ1) is 6.89. The molecule has 0 radical (unpaired) electrons. The van der Waals surface area contributed by atoms with E-state index < -0.39 is 12.4 Å². The first kappa shape index (κ1) is 16.9. The van der Waals surface area contributed by atoms with Gasteiger partial charge in [0.15, 0.2) is 0 Å². The molecule has 0 aliphatic rings. The van der Waals surface area contributed by atoms with E-state index in [0.717, 1.165) is 4.88 Å². The summed E-state index contributed by atoms with van der Waals surface area (Å²) in [6.45, 7) is -1.44. The molecule has 0 aliphatic carbocycles. The maximum atomic E-state index is 12.2. The molecular weight excluding hydrogens is 261 g/mol. The molecule has 0 saturated carbocycles. The van der Waals surface area contributed by atoms with Crippen LogP contribution in [0.15, 0.2) is 29.6 Å². The third-order valence-electron chi connectivity index (χ3n) is 1.94. The van der Waals surface area contributed by atoms with Crippen molar-refractivity contribution in [2.24, 2.45) is 0 Å². The first-order valence-electron chi connectivity index (χ1n) is 4.48. The van der Waals surface area contributed by atoms with Gasteiger partial charge in [0.2, 0.25) is 0 Å². The second kappa shape index (κ2) is 7.35. The third kappa shape index (κ3) is 6.00. The molecule has 1 aromatic heterocycles. The van der Waals surface area contributed by atoms with Crippen molar-refractivity contribution in [3.05, 3.63) is 34.4 Å². The fraction of sp³-hybridized carbons (Fsp3) is 0.333. The Labute approximate surface area is 140 Å². The molecule has 84 valence electrons. The van der Waals surface area contributed by atoms with Gasteiger partial charge in [-0.1, -0.05) is 6.07 Å². The normalized spacial score (nSPS) is 11.3. The van der Waals surface area contributed by atoms with E-state index in [4.69, 9.17) is 0 Å². The molecule has 0 saturated heterocycles. The van der Waals surface area contributed by atoms with Crippen LogP contribution in [0.4, 0.5) is 12.9 Å². The molecule has 0 amide bonds. The van der Waals surface area contributed by atoms with E-state index in [1.165, 1.54) is 11.3 Å². The minimum absolute atomic E-state index is 0. The minimum Gasteiger partial charge on any atom is -0.445 e. The summed E-state index contributed by atoms with van der Waals surface area (Å²) in [5.74, 6) is 0. The van der Waals surface area contributed by atoms with E-state index in [0.29, 0.717) is 6.54 Å². The van der Waals surface area contributed by atoms with Gasteiger partial charge in [-0.3, -0.25) is 0 Å². The number of hydrogen-bond acceptors (Lipinski definition) is 2. The Kier molecular flexibility index (Phi) is 7.76. The average Bonchev–Trinajstić information content (AvgIpc) is 2.54. The summed E-state index contributed by atoms with van der Waals surface area (Å²) in [7, 11) is 1.66. The number of nitrogens with zero attached hydrogens (tertiary/aromatic N) is 1. The predicted molar refractivity (Wildman–Crippen MR) is 58.9 cm³/mol. The summed E-state index contributed by atoms with van der Waals surface area (Å²) in [6, 6.07) is 3.79. The minimum atomic E-state index is -4.90. The molecule has 0 aromatic carbocycles. The Balaban J connectivity index is 0.00000225. The molecule has 1 nitrogen and oxygen atoms in total. The Morgan fingerprint density at radius 3 is 2.56 bits per heavy atom. The summed E-state index contributed by atoms with van der Waals surface area (Å²) in [6.07, 6.45) is 0. The van der Waals surface area contributed by atoms with Gasteiger partial charge in [-0.25, -0.2) is 0 Å². The van der Waals surface area contributed by atoms with Crippen molar-refractivity contribution in [1.29, 1.82) is 0 Å². The van der Waals surface area contributed by atoms with Crippen LogP contribution in [0, 0.1) is 0 Å². The third-order valence-corrected chi connectivity index (χ3v) is 2.80. The van der Waals surface area contributed by atoms with Gasteiger partial charge in [0.25, 0.3) is 0 Å². The average molecular weight is 273 g/mol. The van der Waals surface area contributed by atoms with Gasteiger partial charge in [0.05, 0.1) is 0 Å². The van der Waals surface area contributed by atoms with E-state index in [1.807, 2.05) is 17.5 Å². The number of halogens is 3. The van der Waals surface area contributed by atoms with Crippen molar-refractivity contribution in [2.75, 3.05) is 13.6 Å². The van der Waals surface area contributed by atoms with Crippen LogP contribution < -0.4 is 51.4 Å². The second-order valence-corrected chi connectivity index (χ2v) is 4.52. The van der Waals surface area contributed by atoms with Crippen LogP contribution in [-0.4, -0.2) is 25.5 Å². The van der Waals surface area contributed by atoms with Crippen molar-refractivity contribution in [3.8, 4) is 0 Å². The van der Waals surface area contributed by atoms with E-state index in [-0.39, 0.29) is 57.9 Å². The van der Waals surface area contributed by atoms with Crippen LogP contribution in [0.5, 0.6) is 0 Å². The fourth-order valence-corrected chi connectivity index (χ4v) is 1.96. The van der Waals surface area contributed by atoms with E-state index in [9.17, 15) is 12.9 Å². The number of likely N-dealkylation sites (N-methyl/N-ethyl adjacent to an activating group) is 1. The van der Waals surface area contributed by atoms with Gasteiger partial charge in [0, 0.05) is 11.4 Å². The fourth-order valence-electron chi connectivity index (χ4n) is 1.17. The summed E-state index contributed by atoms with van der Waals surface area (Å²) in [5.41, 5.74) is -0.644. The summed E-state index contributed by atoms with van der Waals surface area (Å²) in [4.78, 5) is 2.67. The number of rotatable bonds is 5. The number of hydrogen-bond donors (Lipinski definition) is 0. The zero-order valence-corrected chi connectivity index (χ0v) is 13.4. The molecule has 0 fully saturated rings. The van der Waals surface area contributed by atoms with Gasteiger partial charge in [0.1, 0.15) is 0 Å². The molecule has 0 spiro atoms. The first-order valence-corrected chi connectivity index (χ1v) is 5.36. The largest absolute Gasteiger partial charge is 1.00 e. The number of thiophene rings is 1. The molecule has 1 rings (SSSR count). The molecular formula is C9H12BF3KNS. The molecule has 0 N–H and O–H groups in total. The van der Waals surface area contributed by atoms with Gasteiger partial charge in [-0.05, 0) is 25.0 Å². The summed E-state index contributed by atoms with van der Waals surface area (Å²) < 4.78 is 36.7. The molecule has 0 unspecified atom stereocenters. The zero-order chi connectivity index (χ0) is 11.5. The molecule has 1 aromatic rings. The molecule has 0 bridgehead atoms. The Morgan fingerprint density at radius 1 is 1.50 bits per heavy atom. The van der Waals surface area contributed by atoms with E-state index >= 15 is 0 Å². The standard InChI is InChI=1S/C9H12BF3NS.K/c1-8(10(11,12)13)6-14(2)7-9-4-3-5-15-9;/h3-5H,1,6-7H2,2H3;/q-1;+1. The van der Waals surface area contributed by atoms with E-state index in [2.05, 4.69) is 6.58 Å². The van der Waals surface area contributed by atoms with Crippen LogP contribution in [0.25, 0.3) is 0 Å². The molecule has 16 heavy (non-hydrogen) atoms. The van der Waals surface area contributed by atoms with Crippen molar-refractivity contribution in [1.82, 2.24) is 4.90 Å². The molecule has 7 heteroatoms. The van der Waals surface area contributed by atoms with Crippen molar-refractivity contribution < 1.29 is 64.3 Å². The summed E-state index contributed by atoms with van der Waals surface area (Å²) >= 11 is 1.54. The Hall–Kier alpha value is 0.891. The Morgan fingerprint density at radius 2 is 2.12 bits per heavy atom. The molecule has 1 heterocycles. The SMILES string of the molecule is C=C(CN(C)Cc1cccs1)[B-](F)(F)F.[K+]. The summed E-state index contributed by atoms with van der Waals surface area (Å²) in [5, 5.41) is 1.91. The van der Waals surface area contributed by atoms with Crippen LogP contribution in [0.1, 0.15) is 4.88 Å². The van der Waals surface area contributed by atoms with Crippen LogP contribution in [0.2, 0.25) is 0 Å². The van der Waals surface area contributed by atoms with Crippen LogP contribution in [0.3, 0.4) is 0 Å². The second-order valence-electron chi connectivity index (χ2n) is 3.48. The maximum absolute atomic E-state index is 12.2. The quantitative estimate of drug-likeness (QED) is 0.689. The van der Waals surface area contributed by atoms with Crippen molar-refractivity contribution in [2.45, 2.75) is 6.54 Å². The van der Waals surface area contributed by atoms with Crippen LogP contribution in [-0.2, 0) is 6.54 Å².